The average Bonchev–Trinajstić information content (AvgIpc) is 3.44. The van der Waals surface area contributed by atoms with Crippen molar-refractivity contribution < 1.29 is 8.78 Å². The second-order valence-electron chi connectivity index (χ2n) is 9.11. The standard InChI is InChI=1S/C25H25F2N7S/c1-15-21(13-31-34(15)20-6-4-19(5-7-20)32(2)3)16-8-23(24-17(10-28)11-30-33(24)14-16)35-25-22(27)9-18(26)12-29-25/h8-9,11-14,19-20H,4-7H2,1-3H3. The Morgan fingerprint density at radius 2 is 1.86 bits per heavy atom. The highest BCUT2D eigenvalue weighted by Crippen LogP contribution is 2.38. The molecule has 0 aromatic carbocycles. The molecule has 180 valence electrons. The third-order valence-electron chi connectivity index (χ3n) is 6.78. The fourth-order valence-corrected chi connectivity index (χ4v) is 5.82. The van der Waals surface area contributed by atoms with Gasteiger partial charge in [-0.3, -0.25) is 4.68 Å². The van der Waals surface area contributed by atoms with Crippen molar-refractivity contribution >= 4 is 17.3 Å². The molecule has 5 rings (SSSR count). The van der Waals surface area contributed by atoms with Gasteiger partial charge in [-0.15, -0.1) is 0 Å². The summed E-state index contributed by atoms with van der Waals surface area (Å²) in [4.78, 5) is 6.80. The number of nitriles is 1. The van der Waals surface area contributed by atoms with Crippen molar-refractivity contribution in [3.05, 3.63) is 59.8 Å². The number of fused-ring (bicyclic) bond motifs is 1. The molecule has 4 aromatic heterocycles. The van der Waals surface area contributed by atoms with Crippen molar-refractivity contribution in [3.63, 3.8) is 0 Å². The molecule has 7 nitrogen and oxygen atoms in total. The maximum absolute atomic E-state index is 14.4. The molecule has 4 heterocycles. The summed E-state index contributed by atoms with van der Waals surface area (Å²) in [6, 6.07) is 5.80. The van der Waals surface area contributed by atoms with E-state index in [0.29, 0.717) is 28.1 Å². The fraction of sp³-hybridized carbons (Fsp3) is 0.360. The first-order chi connectivity index (χ1) is 16.9. The summed E-state index contributed by atoms with van der Waals surface area (Å²) in [6.07, 6.45) is 10.6. The summed E-state index contributed by atoms with van der Waals surface area (Å²) < 4.78 is 31.5. The largest absolute Gasteiger partial charge is 0.306 e. The highest BCUT2D eigenvalue weighted by molar-refractivity contribution is 7.99. The van der Waals surface area contributed by atoms with Crippen LogP contribution in [0.3, 0.4) is 0 Å². The number of pyridine rings is 2. The van der Waals surface area contributed by atoms with Gasteiger partial charge in [0.2, 0.25) is 0 Å². The summed E-state index contributed by atoms with van der Waals surface area (Å²) in [5.74, 6) is -1.50. The zero-order valence-corrected chi connectivity index (χ0v) is 20.6. The van der Waals surface area contributed by atoms with Gasteiger partial charge in [-0.25, -0.2) is 18.3 Å². The molecule has 1 saturated carbocycles. The molecule has 0 saturated heterocycles. The van der Waals surface area contributed by atoms with Crippen LogP contribution in [0.1, 0.15) is 43.0 Å². The van der Waals surface area contributed by atoms with Crippen LogP contribution in [0.5, 0.6) is 0 Å². The van der Waals surface area contributed by atoms with Crippen LogP contribution in [0.2, 0.25) is 0 Å². The quantitative estimate of drug-likeness (QED) is 0.378. The smallest absolute Gasteiger partial charge is 0.158 e. The molecule has 35 heavy (non-hydrogen) atoms. The van der Waals surface area contributed by atoms with E-state index >= 15 is 0 Å². The number of hydrogen-bond acceptors (Lipinski definition) is 6. The summed E-state index contributed by atoms with van der Waals surface area (Å²) in [6.45, 7) is 2.06. The third-order valence-corrected chi connectivity index (χ3v) is 7.80. The number of rotatable bonds is 5. The summed E-state index contributed by atoms with van der Waals surface area (Å²) in [5, 5.41) is 18.7. The Morgan fingerprint density at radius 3 is 2.54 bits per heavy atom. The van der Waals surface area contributed by atoms with E-state index < -0.39 is 11.6 Å². The van der Waals surface area contributed by atoms with E-state index in [0.717, 1.165) is 66.5 Å². The first-order valence-corrected chi connectivity index (χ1v) is 12.3. The van der Waals surface area contributed by atoms with Gasteiger partial charge in [-0.1, -0.05) is 11.8 Å². The molecule has 0 bridgehead atoms. The molecule has 0 amide bonds. The highest BCUT2D eigenvalue weighted by Gasteiger charge is 2.26. The Bertz CT molecular complexity index is 1430. The summed E-state index contributed by atoms with van der Waals surface area (Å²) >= 11 is 1.04. The fourth-order valence-electron chi connectivity index (χ4n) is 4.87. The molecule has 4 aromatic rings. The van der Waals surface area contributed by atoms with Gasteiger partial charge in [0.05, 0.1) is 35.7 Å². The number of aromatic nitrogens is 5. The van der Waals surface area contributed by atoms with E-state index in [1.807, 2.05) is 18.5 Å². The minimum Gasteiger partial charge on any atom is -0.306 e. The SMILES string of the molecule is Cc1c(-c2cc(Sc3ncc(F)cc3F)c3c(C#N)cnn3c2)cnn1C1CCC(N(C)C)CC1. The molecule has 10 heteroatoms. The molecule has 0 atom stereocenters. The molecule has 1 fully saturated rings. The van der Waals surface area contributed by atoms with Gasteiger partial charge < -0.3 is 4.90 Å². The van der Waals surface area contributed by atoms with Crippen molar-refractivity contribution in [2.45, 2.75) is 54.6 Å². The second kappa shape index (κ2) is 9.40. The van der Waals surface area contributed by atoms with E-state index in [9.17, 15) is 14.0 Å². The van der Waals surface area contributed by atoms with Crippen molar-refractivity contribution in [1.82, 2.24) is 29.3 Å². The Kier molecular flexibility index (Phi) is 6.30. The Hall–Kier alpha value is -3.29. The van der Waals surface area contributed by atoms with Crippen molar-refractivity contribution in [1.29, 1.82) is 5.26 Å². The number of hydrogen-bond donors (Lipinski definition) is 0. The monoisotopic (exact) mass is 493 g/mol. The zero-order chi connectivity index (χ0) is 24.7. The van der Waals surface area contributed by atoms with Gasteiger partial charge in [-0.05, 0) is 52.8 Å². The van der Waals surface area contributed by atoms with Crippen LogP contribution in [-0.2, 0) is 0 Å². The zero-order valence-electron chi connectivity index (χ0n) is 19.7. The minimum atomic E-state index is -0.756. The van der Waals surface area contributed by atoms with Crippen LogP contribution in [0.4, 0.5) is 8.78 Å². The van der Waals surface area contributed by atoms with Gasteiger partial charge in [0.15, 0.2) is 5.82 Å². The Morgan fingerprint density at radius 1 is 1.09 bits per heavy atom. The average molecular weight is 494 g/mol. The number of nitrogens with zero attached hydrogens (tertiary/aromatic N) is 7. The van der Waals surface area contributed by atoms with Crippen LogP contribution in [0, 0.1) is 29.9 Å². The lowest BCUT2D eigenvalue weighted by Gasteiger charge is -2.33. The van der Waals surface area contributed by atoms with Crippen LogP contribution < -0.4 is 0 Å². The highest BCUT2D eigenvalue weighted by atomic mass is 32.2. The maximum Gasteiger partial charge on any atom is 0.158 e. The van der Waals surface area contributed by atoms with E-state index in [-0.39, 0.29) is 5.03 Å². The van der Waals surface area contributed by atoms with Gasteiger partial charge in [-0.2, -0.15) is 15.5 Å². The third kappa shape index (κ3) is 4.42. The van der Waals surface area contributed by atoms with Gasteiger partial charge in [0.1, 0.15) is 16.9 Å². The minimum absolute atomic E-state index is 0.0283. The molecule has 0 aliphatic heterocycles. The summed E-state index contributed by atoms with van der Waals surface area (Å²) in [7, 11) is 4.27. The molecule has 1 aliphatic rings. The second-order valence-corrected chi connectivity index (χ2v) is 10.1. The molecule has 0 radical (unpaired) electrons. The molecular formula is C25H25F2N7S. The van der Waals surface area contributed by atoms with Crippen LogP contribution in [0.15, 0.2) is 46.8 Å². The molecule has 1 aliphatic carbocycles. The number of halogens is 2. The summed E-state index contributed by atoms with van der Waals surface area (Å²) in [5.41, 5.74) is 3.77. The lowest BCUT2D eigenvalue weighted by atomic mass is 9.90. The van der Waals surface area contributed by atoms with Crippen molar-refractivity contribution in [2.75, 3.05) is 14.1 Å². The van der Waals surface area contributed by atoms with Crippen molar-refractivity contribution in [3.8, 4) is 17.2 Å². The predicted molar refractivity (Wildman–Crippen MR) is 129 cm³/mol. The predicted octanol–water partition coefficient (Wildman–Crippen LogP) is 5.25. The van der Waals surface area contributed by atoms with E-state index in [4.69, 9.17) is 5.10 Å². The van der Waals surface area contributed by atoms with Gasteiger partial charge in [0, 0.05) is 40.0 Å². The maximum atomic E-state index is 14.4. The van der Waals surface area contributed by atoms with E-state index in [2.05, 4.69) is 46.8 Å². The lowest BCUT2D eigenvalue weighted by molar-refractivity contribution is 0.188. The normalized spacial score (nSPS) is 18.3. The van der Waals surface area contributed by atoms with Crippen LogP contribution in [0.25, 0.3) is 16.6 Å². The van der Waals surface area contributed by atoms with Crippen LogP contribution in [-0.4, -0.2) is 49.4 Å². The van der Waals surface area contributed by atoms with E-state index in [1.165, 1.54) is 6.20 Å². The molecule has 0 unspecified atom stereocenters. The first kappa shape index (κ1) is 23.5. The van der Waals surface area contributed by atoms with Crippen LogP contribution >= 0.6 is 11.8 Å². The first-order valence-electron chi connectivity index (χ1n) is 11.5. The Labute approximate surface area is 206 Å². The Balaban J connectivity index is 1.53. The molecule has 0 N–H and O–H groups in total. The van der Waals surface area contributed by atoms with Gasteiger partial charge in [0.25, 0.3) is 0 Å². The van der Waals surface area contributed by atoms with E-state index in [1.54, 1.807) is 4.52 Å². The van der Waals surface area contributed by atoms with Gasteiger partial charge >= 0.3 is 0 Å². The lowest BCUT2D eigenvalue weighted by Crippen LogP contribution is -2.33. The van der Waals surface area contributed by atoms with Crippen molar-refractivity contribution in [2.24, 2.45) is 0 Å². The topological polar surface area (TPSA) is 75.0 Å². The molecule has 0 spiro atoms. The molecular weight excluding hydrogens is 468 g/mol.